The Morgan fingerprint density at radius 3 is 2.53 bits per heavy atom. The summed E-state index contributed by atoms with van der Waals surface area (Å²) >= 11 is 6.76. The lowest BCUT2D eigenvalue weighted by atomic mass is 9.81. The van der Waals surface area contributed by atoms with Crippen LogP contribution in [0.25, 0.3) is 0 Å². The van der Waals surface area contributed by atoms with Gasteiger partial charge in [0.1, 0.15) is 0 Å². The van der Waals surface area contributed by atoms with Crippen molar-refractivity contribution < 1.29 is 4.79 Å². The molecule has 1 aromatic heterocycles. The summed E-state index contributed by atoms with van der Waals surface area (Å²) in [6.45, 7) is 6.57. The van der Waals surface area contributed by atoms with Crippen LogP contribution in [-0.4, -0.2) is 10.9 Å². The second-order valence-corrected chi connectivity index (χ2v) is 6.00. The highest BCUT2D eigenvalue weighted by atomic mass is 32.1. The van der Waals surface area contributed by atoms with E-state index in [4.69, 9.17) is 18.0 Å². The van der Waals surface area contributed by atoms with Gasteiger partial charge in [-0.25, -0.2) is 0 Å². The van der Waals surface area contributed by atoms with Crippen molar-refractivity contribution in [1.82, 2.24) is 5.32 Å². The molecule has 0 radical (unpaired) electrons. The lowest BCUT2D eigenvalue weighted by Crippen LogP contribution is -2.48. The first-order valence-corrected chi connectivity index (χ1v) is 7.94. The fraction of sp³-hybridized carbons (Fsp3) is 0.571. The van der Waals surface area contributed by atoms with Crippen molar-refractivity contribution >= 4 is 34.5 Å². The van der Waals surface area contributed by atoms with Gasteiger partial charge >= 0.3 is 0 Å². The number of rotatable bonds is 7. The third kappa shape index (κ3) is 3.34. The van der Waals surface area contributed by atoms with Crippen molar-refractivity contribution in [1.29, 1.82) is 0 Å². The predicted molar refractivity (Wildman–Crippen MR) is 85.3 cm³/mol. The third-order valence-corrected chi connectivity index (χ3v) is 5.10. The smallest absolute Gasteiger partial charge is 0.233 e. The highest BCUT2D eigenvalue weighted by Gasteiger charge is 2.37. The van der Waals surface area contributed by atoms with Crippen LogP contribution in [0.2, 0.25) is 0 Å². The highest BCUT2D eigenvalue weighted by molar-refractivity contribution is 7.80. The van der Waals surface area contributed by atoms with E-state index in [9.17, 15) is 4.79 Å². The first-order chi connectivity index (χ1) is 9.01. The third-order valence-electron chi connectivity index (χ3n) is 3.74. The molecular formula is C14H22N2OS2. The van der Waals surface area contributed by atoms with Gasteiger partial charge in [-0.1, -0.05) is 33.0 Å². The second kappa shape index (κ2) is 7.01. The van der Waals surface area contributed by atoms with E-state index in [2.05, 4.69) is 23.7 Å². The standard InChI is InChI=1S/C14H22N2OS2/c1-4-10-7-8-19-11(10)9-16-13(17)14(5-2,6-3)12(15)18/h7-8H,4-6,9H2,1-3H3,(H2,15,18)(H,16,17). The molecule has 0 aliphatic carbocycles. The fourth-order valence-electron chi connectivity index (χ4n) is 2.20. The molecule has 1 amide bonds. The van der Waals surface area contributed by atoms with Crippen molar-refractivity contribution in [2.45, 2.75) is 46.6 Å². The molecule has 5 heteroatoms. The molecule has 0 aliphatic rings. The number of amides is 1. The number of nitrogens with two attached hydrogens (primary N) is 1. The van der Waals surface area contributed by atoms with Gasteiger partial charge in [-0.2, -0.15) is 0 Å². The van der Waals surface area contributed by atoms with Crippen LogP contribution in [0.3, 0.4) is 0 Å². The second-order valence-electron chi connectivity index (χ2n) is 4.56. The molecule has 0 bridgehead atoms. The first-order valence-electron chi connectivity index (χ1n) is 6.65. The number of carbonyl (C=O) groups is 1. The molecule has 0 saturated carbocycles. The van der Waals surface area contributed by atoms with Gasteiger partial charge in [0.2, 0.25) is 5.91 Å². The molecule has 0 unspecified atom stereocenters. The topological polar surface area (TPSA) is 55.1 Å². The zero-order chi connectivity index (χ0) is 14.5. The predicted octanol–water partition coefficient (Wildman–Crippen LogP) is 3.02. The summed E-state index contributed by atoms with van der Waals surface area (Å²) in [5, 5.41) is 5.04. The van der Waals surface area contributed by atoms with Gasteiger partial charge in [0.15, 0.2) is 0 Å². The first kappa shape index (κ1) is 16.1. The minimum absolute atomic E-state index is 0.0551. The molecular weight excluding hydrogens is 276 g/mol. The van der Waals surface area contributed by atoms with Crippen molar-refractivity contribution in [3.8, 4) is 0 Å². The maximum Gasteiger partial charge on any atom is 0.233 e. The van der Waals surface area contributed by atoms with Crippen molar-refractivity contribution in [2.24, 2.45) is 11.1 Å². The number of hydrogen-bond acceptors (Lipinski definition) is 3. The zero-order valence-corrected chi connectivity index (χ0v) is 13.4. The Bertz CT molecular complexity index is 450. The van der Waals surface area contributed by atoms with Crippen LogP contribution in [0.4, 0.5) is 0 Å². The number of thiocarbonyl (C=S) groups is 1. The molecule has 3 N–H and O–H groups in total. The summed E-state index contributed by atoms with van der Waals surface area (Å²) in [6, 6.07) is 2.10. The van der Waals surface area contributed by atoms with Crippen LogP contribution in [0.5, 0.6) is 0 Å². The highest BCUT2D eigenvalue weighted by Crippen LogP contribution is 2.27. The van der Waals surface area contributed by atoms with Gasteiger partial charge in [-0.3, -0.25) is 4.79 Å². The Morgan fingerprint density at radius 1 is 1.42 bits per heavy atom. The average Bonchev–Trinajstić information content (AvgIpc) is 2.85. The van der Waals surface area contributed by atoms with Crippen molar-refractivity contribution in [3.05, 3.63) is 21.9 Å². The number of thiophene rings is 1. The van der Waals surface area contributed by atoms with E-state index in [0.717, 1.165) is 6.42 Å². The van der Waals surface area contributed by atoms with Crippen LogP contribution in [0.1, 0.15) is 44.1 Å². The summed E-state index contributed by atoms with van der Waals surface area (Å²) in [4.78, 5) is 13.9. The maximum absolute atomic E-state index is 12.4. The van der Waals surface area contributed by atoms with E-state index < -0.39 is 5.41 Å². The maximum atomic E-state index is 12.4. The van der Waals surface area contributed by atoms with E-state index in [-0.39, 0.29) is 10.9 Å². The number of nitrogens with one attached hydrogen (secondary N) is 1. The molecule has 19 heavy (non-hydrogen) atoms. The molecule has 0 spiro atoms. The molecule has 0 saturated heterocycles. The van der Waals surface area contributed by atoms with Crippen LogP contribution in [-0.2, 0) is 17.8 Å². The van der Waals surface area contributed by atoms with Crippen LogP contribution < -0.4 is 11.1 Å². The summed E-state index contributed by atoms with van der Waals surface area (Å²) in [5.74, 6) is -0.0551. The van der Waals surface area contributed by atoms with Crippen LogP contribution in [0.15, 0.2) is 11.4 Å². The Morgan fingerprint density at radius 2 is 2.05 bits per heavy atom. The van der Waals surface area contributed by atoms with Crippen LogP contribution in [0, 0.1) is 5.41 Å². The quantitative estimate of drug-likeness (QED) is 0.761. The normalized spacial score (nSPS) is 11.3. The lowest BCUT2D eigenvalue weighted by Gasteiger charge is -2.28. The molecule has 1 rings (SSSR count). The molecule has 0 aromatic carbocycles. The summed E-state index contributed by atoms with van der Waals surface area (Å²) in [5.41, 5.74) is 6.35. The van der Waals surface area contributed by atoms with Crippen LogP contribution >= 0.6 is 23.6 Å². The van der Waals surface area contributed by atoms with Gasteiger partial charge in [0, 0.05) is 4.88 Å². The minimum Gasteiger partial charge on any atom is -0.392 e. The Hall–Kier alpha value is -0.940. The van der Waals surface area contributed by atoms with E-state index in [1.165, 1.54) is 10.4 Å². The molecule has 0 aliphatic heterocycles. The van der Waals surface area contributed by atoms with E-state index in [1.54, 1.807) is 11.3 Å². The number of aryl methyl sites for hydroxylation is 1. The fourth-order valence-corrected chi connectivity index (χ4v) is 3.50. The number of hydrogen-bond donors (Lipinski definition) is 2. The van der Waals surface area contributed by atoms with E-state index in [0.29, 0.717) is 19.4 Å². The van der Waals surface area contributed by atoms with Gasteiger partial charge in [-0.15, -0.1) is 11.3 Å². The van der Waals surface area contributed by atoms with Gasteiger partial charge in [-0.05, 0) is 36.3 Å². The Balaban J connectivity index is 2.76. The van der Waals surface area contributed by atoms with Crippen molar-refractivity contribution in [2.75, 3.05) is 0 Å². The Kier molecular flexibility index (Phi) is 5.94. The molecule has 1 aromatic rings. The van der Waals surface area contributed by atoms with E-state index in [1.807, 2.05) is 13.8 Å². The lowest BCUT2D eigenvalue weighted by molar-refractivity contribution is -0.128. The molecule has 1 heterocycles. The van der Waals surface area contributed by atoms with E-state index >= 15 is 0 Å². The molecule has 0 atom stereocenters. The minimum atomic E-state index is -0.709. The monoisotopic (exact) mass is 298 g/mol. The van der Waals surface area contributed by atoms with Gasteiger partial charge < -0.3 is 11.1 Å². The van der Waals surface area contributed by atoms with Gasteiger partial charge in [0.05, 0.1) is 16.9 Å². The van der Waals surface area contributed by atoms with Crippen molar-refractivity contribution in [3.63, 3.8) is 0 Å². The SMILES string of the molecule is CCc1ccsc1CNC(=O)C(CC)(CC)C(N)=S. The largest absolute Gasteiger partial charge is 0.392 e. The molecule has 0 fully saturated rings. The summed E-state index contributed by atoms with van der Waals surface area (Å²) < 4.78 is 0. The number of carbonyl (C=O) groups excluding carboxylic acids is 1. The average molecular weight is 298 g/mol. The van der Waals surface area contributed by atoms with Gasteiger partial charge in [0.25, 0.3) is 0 Å². The summed E-state index contributed by atoms with van der Waals surface area (Å²) in [7, 11) is 0. The summed E-state index contributed by atoms with van der Waals surface area (Å²) in [6.07, 6.45) is 2.25. The molecule has 106 valence electrons. The zero-order valence-electron chi connectivity index (χ0n) is 11.8. The molecule has 3 nitrogen and oxygen atoms in total. The Labute approximate surface area is 124 Å².